The fraction of sp³-hybridized carbons (Fsp3) is 0. The number of para-hydroxylation sites is 2. The molecule has 132 valence electrons. The van der Waals surface area contributed by atoms with Crippen molar-refractivity contribution in [3.63, 3.8) is 0 Å². The van der Waals surface area contributed by atoms with Crippen molar-refractivity contribution in [1.29, 1.82) is 0 Å². The summed E-state index contributed by atoms with van der Waals surface area (Å²) in [6.45, 7) is 0. The lowest BCUT2D eigenvalue weighted by Gasteiger charge is -2.04. The van der Waals surface area contributed by atoms with E-state index in [2.05, 4.69) is 4.98 Å². The summed E-state index contributed by atoms with van der Waals surface area (Å²) in [5.74, 6) is -0.267. The van der Waals surface area contributed by atoms with E-state index in [4.69, 9.17) is 4.42 Å². The Morgan fingerprint density at radius 3 is 2.44 bits per heavy atom. The molecule has 0 radical (unpaired) electrons. The molecular weight excluding hydrogens is 364 g/mol. The minimum atomic E-state index is -0.507. The molecule has 0 N–H and O–H groups in total. The number of rotatable bonds is 5. The van der Waals surface area contributed by atoms with Gasteiger partial charge in [0.05, 0.1) is 9.82 Å². The third kappa shape index (κ3) is 3.45. The van der Waals surface area contributed by atoms with Gasteiger partial charge >= 0.3 is 0 Å². The third-order valence-corrected chi connectivity index (χ3v) is 4.84. The molecule has 0 fully saturated rings. The van der Waals surface area contributed by atoms with Crippen LogP contribution in [0.25, 0.3) is 11.1 Å². The average molecular weight is 376 g/mol. The van der Waals surface area contributed by atoms with Crippen LogP contribution in [0.4, 0.5) is 5.69 Å². The van der Waals surface area contributed by atoms with Gasteiger partial charge in [-0.2, -0.15) is 0 Å². The van der Waals surface area contributed by atoms with Crippen molar-refractivity contribution in [2.75, 3.05) is 0 Å². The lowest BCUT2D eigenvalue weighted by molar-refractivity contribution is -0.387. The van der Waals surface area contributed by atoms with E-state index in [0.717, 1.165) is 11.8 Å². The molecule has 6 nitrogen and oxygen atoms in total. The molecule has 0 bridgehead atoms. The predicted molar refractivity (Wildman–Crippen MR) is 101 cm³/mol. The van der Waals surface area contributed by atoms with Crippen molar-refractivity contribution in [2.45, 2.75) is 10.1 Å². The number of carbonyl (C=O) groups excluding carboxylic acids is 1. The van der Waals surface area contributed by atoms with Gasteiger partial charge in [0.25, 0.3) is 10.9 Å². The van der Waals surface area contributed by atoms with Crippen LogP contribution in [0.2, 0.25) is 0 Å². The molecular formula is C20H12N2O4S. The fourth-order valence-corrected chi connectivity index (χ4v) is 3.47. The van der Waals surface area contributed by atoms with Crippen molar-refractivity contribution in [3.8, 4) is 0 Å². The van der Waals surface area contributed by atoms with Gasteiger partial charge in [-0.1, -0.05) is 42.5 Å². The summed E-state index contributed by atoms with van der Waals surface area (Å²) in [7, 11) is 0. The number of hydrogen-bond acceptors (Lipinski definition) is 6. The van der Waals surface area contributed by atoms with Crippen LogP contribution < -0.4 is 0 Å². The lowest BCUT2D eigenvalue weighted by Crippen LogP contribution is -2.02. The normalized spacial score (nSPS) is 10.8. The van der Waals surface area contributed by atoms with E-state index in [9.17, 15) is 14.9 Å². The summed E-state index contributed by atoms with van der Waals surface area (Å²) in [5.41, 5.74) is 1.86. The topological polar surface area (TPSA) is 86.2 Å². The molecule has 0 saturated heterocycles. The molecule has 3 aromatic carbocycles. The van der Waals surface area contributed by atoms with E-state index in [-0.39, 0.29) is 17.0 Å². The van der Waals surface area contributed by atoms with Crippen LogP contribution in [0.1, 0.15) is 15.9 Å². The van der Waals surface area contributed by atoms with Crippen LogP contribution in [0.5, 0.6) is 0 Å². The second-order valence-corrected chi connectivity index (χ2v) is 6.68. The van der Waals surface area contributed by atoms with Gasteiger partial charge in [-0.3, -0.25) is 14.9 Å². The predicted octanol–water partition coefficient (Wildman–Crippen LogP) is 5.12. The Morgan fingerprint density at radius 1 is 0.963 bits per heavy atom. The summed E-state index contributed by atoms with van der Waals surface area (Å²) in [6.07, 6.45) is 0. The van der Waals surface area contributed by atoms with Gasteiger partial charge in [-0.05, 0) is 36.0 Å². The molecule has 1 aromatic heterocycles. The van der Waals surface area contributed by atoms with E-state index in [1.807, 2.05) is 12.1 Å². The van der Waals surface area contributed by atoms with Crippen LogP contribution in [0.3, 0.4) is 0 Å². The Hall–Kier alpha value is -3.45. The minimum Gasteiger partial charge on any atom is -0.431 e. The summed E-state index contributed by atoms with van der Waals surface area (Å²) in [5, 5.41) is 11.8. The first-order valence-electron chi connectivity index (χ1n) is 8.03. The van der Waals surface area contributed by atoms with E-state index in [0.29, 0.717) is 26.8 Å². The molecule has 0 aliphatic rings. The number of oxazole rings is 1. The Bertz CT molecular complexity index is 1120. The minimum absolute atomic E-state index is 0.163. The molecule has 0 atom stereocenters. The number of fused-ring (bicyclic) bond motifs is 1. The first-order chi connectivity index (χ1) is 13.1. The molecule has 0 aliphatic heterocycles. The van der Waals surface area contributed by atoms with E-state index in [1.54, 1.807) is 54.6 Å². The molecule has 0 saturated carbocycles. The van der Waals surface area contributed by atoms with E-state index < -0.39 is 4.92 Å². The van der Waals surface area contributed by atoms with E-state index in [1.165, 1.54) is 6.07 Å². The summed E-state index contributed by atoms with van der Waals surface area (Å²) in [6, 6.07) is 20.3. The number of nitrogens with zero attached hydrogens (tertiary/aromatic N) is 2. The summed E-state index contributed by atoms with van der Waals surface area (Å²) < 4.78 is 5.62. The molecule has 1 heterocycles. The van der Waals surface area contributed by atoms with Crippen molar-refractivity contribution >= 4 is 34.3 Å². The molecule has 0 unspecified atom stereocenters. The number of ketones is 1. The zero-order chi connectivity index (χ0) is 18.8. The van der Waals surface area contributed by atoms with Crippen molar-refractivity contribution in [1.82, 2.24) is 4.98 Å². The van der Waals surface area contributed by atoms with E-state index >= 15 is 0 Å². The first kappa shape index (κ1) is 17.0. The monoisotopic (exact) mass is 376 g/mol. The van der Waals surface area contributed by atoms with Crippen LogP contribution in [0.15, 0.2) is 87.3 Å². The Balaban J connectivity index is 1.69. The highest BCUT2D eigenvalue weighted by atomic mass is 32.2. The molecule has 7 heteroatoms. The summed E-state index contributed by atoms with van der Waals surface area (Å²) >= 11 is 1.05. The van der Waals surface area contributed by atoms with Crippen LogP contribution >= 0.6 is 11.8 Å². The number of benzene rings is 3. The number of hydrogen-bond donors (Lipinski definition) is 0. The zero-order valence-corrected chi connectivity index (χ0v) is 14.7. The van der Waals surface area contributed by atoms with Gasteiger partial charge in [-0.15, -0.1) is 0 Å². The van der Waals surface area contributed by atoms with Gasteiger partial charge in [0, 0.05) is 17.2 Å². The maximum atomic E-state index is 12.5. The van der Waals surface area contributed by atoms with Gasteiger partial charge in [0.2, 0.25) is 0 Å². The van der Waals surface area contributed by atoms with Crippen molar-refractivity contribution in [2.24, 2.45) is 0 Å². The first-order valence-corrected chi connectivity index (χ1v) is 8.85. The molecule has 0 amide bonds. The molecule has 0 aliphatic carbocycles. The number of carbonyl (C=O) groups is 1. The maximum Gasteiger partial charge on any atom is 0.284 e. The van der Waals surface area contributed by atoms with Crippen molar-refractivity contribution < 1.29 is 14.1 Å². The third-order valence-electron chi connectivity index (χ3n) is 3.93. The highest BCUT2D eigenvalue weighted by Gasteiger charge is 2.21. The Kier molecular flexibility index (Phi) is 4.43. The molecule has 0 spiro atoms. The second kappa shape index (κ2) is 7.05. The zero-order valence-electron chi connectivity index (χ0n) is 13.9. The average Bonchev–Trinajstić information content (AvgIpc) is 3.10. The number of nitro benzene ring substituents is 1. The Labute approximate surface area is 158 Å². The standard InChI is InChI=1S/C20H12N2O4S/c23-19(13-6-2-1-3-7-13)14-10-11-18(16(12-14)22(24)25)27-20-21-15-8-4-5-9-17(15)26-20/h1-12H. The fourth-order valence-electron chi connectivity index (χ4n) is 2.63. The molecule has 4 rings (SSSR count). The van der Waals surface area contributed by atoms with Gasteiger partial charge in [0.15, 0.2) is 11.4 Å². The maximum absolute atomic E-state index is 12.5. The van der Waals surface area contributed by atoms with Gasteiger partial charge < -0.3 is 4.42 Å². The van der Waals surface area contributed by atoms with Crippen LogP contribution in [-0.2, 0) is 0 Å². The number of nitro groups is 1. The molecule has 4 aromatic rings. The van der Waals surface area contributed by atoms with Gasteiger partial charge in [0.1, 0.15) is 5.52 Å². The number of aromatic nitrogens is 1. The SMILES string of the molecule is O=C(c1ccccc1)c1ccc(Sc2nc3ccccc3o2)c([N+](=O)[O-])c1. The second-order valence-electron chi connectivity index (χ2n) is 5.68. The quantitative estimate of drug-likeness (QED) is 0.273. The van der Waals surface area contributed by atoms with Crippen molar-refractivity contribution in [3.05, 3.63) is 94.0 Å². The van der Waals surface area contributed by atoms with Crippen LogP contribution in [0, 0.1) is 10.1 Å². The van der Waals surface area contributed by atoms with Gasteiger partial charge in [-0.25, -0.2) is 4.98 Å². The largest absolute Gasteiger partial charge is 0.431 e. The highest BCUT2D eigenvalue weighted by molar-refractivity contribution is 7.99. The lowest BCUT2D eigenvalue weighted by atomic mass is 10.0. The smallest absolute Gasteiger partial charge is 0.284 e. The Morgan fingerprint density at radius 2 is 1.70 bits per heavy atom. The van der Waals surface area contributed by atoms with Crippen LogP contribution in [-0.4, -0.2) is 15.7 Å². The summed E-state index contributed by atoms with van der Waals surface area (Å²) in [4.78, 5) is 28.2. The molecule has 27 heavy (non-hydrogen) atoms. The highest BCUT2D eigenvalue weighted by Crippen LogP contribution is 2.36.